The van der Waals surface area contributed by atoms with Gasteiger partial charge < -0.3 is 0 Å². The number of aromatic nitrogens is 1. The molecule has 0 bridgehead atoms. The number of aryl methyl sites for hydroxylation is 2. The molecule has 24 heavy (non-hydrogen) atoms. The first-order chi connectivity index (χ1) is 11.4. The van der Waals surface area contributed by atoms with Crippen molar-refractivity contribution in [3.63, 3.8) is 0 Å². The Labute approximate surface area is 151 Å². The van der Waals surface area contributed by atoms with Crippen molar-refractivity contribution in [3.8, 4) is 0 Å². The molecule has 0 saturated heterocycles. The van der Waals surface area contributed by atoms with Crippen molar-refractivity contribution in [1.29, 1.82) is 0 Å². The molecule has 0 N–H and O–H groups in total. The number of carbonyl (C=O) groups excluding carboxylic acids is 1. The van der Waals surface area contributed by atoms with Gasteiger partial charge in [-0.05, 0) is 59.3 Å². The molecule has 1 amide bonds. The largest absolute Gasteiger partial charge is 0.288 e. The second-order valence-corrected chi connectivity index (χ2v) is 8.39. The quantitative estimate of drug-likeness (QED) is 0.627. The summed E-state index contributed by atoms with van der Waals surface area (Å²) in [5.74, 6) is 0.516. The lowest BCUT2D eigenvalue weighted by molar-refractivity contribution is -0.118. The SMILES string of the molecule is Cc1cc(C)c2sc(N(CC(C)C)C(=O)Cc3ccsc3)nc2c1. The molecule has 0 spiro atoms. The van der Waals surface area contributed by atoms with Crippen LogP contribution < -0.4 is 4.90 Å². The minimum atomic E-state index is 0.121. The third-order valence-corrected chi connectivity index (χ3v) is 5.79. The standard InChI is InChI=1S/C19H22N2OS2/c1-12(2)10-21(17(22)9-15-5-6-23-11-15)19-20-16-8-13(3)7-14(4)18(16)24-19/h5-8,11-12H,9-10H2,1-4H3. The molecule has 3 rings (SSSR count). The van der Waals surface area contributed by atoms with Crippen LogP contribution in [0.3, 0.4) is 0 Å². The van der Waals surface area contributed by atoms with Crippen LogP contribution in [0.15, 0.2) is 29.0 Å². The van der Waals surface area contributed by atoms with Gasteiger partial charge in [-0.1, -0.05) is 31.3 Å². The van der Waals surface area contributed by atoms with E-state index in [0.717, 1.165) is 16.2 Å². The molecule has 0 aliphatic rings. The van der Waals surface area contributed by atoms with Gasteiger partial charge in [0.25, 0.3) is 0 Å². The van der Waals surface area contributed by atoms with E-state index in [1.807, 2.05) is 21.7 Å². The van der Waals surface area contributed by atoms with E-state index in [-0.39, 0.29) is 5.91 Å². The Kier molecular flexibility index (Phi) is 5.01. The van der Waals surface area contributed by atoms with Crippen LogP contribution in [0.25, 0.3) is 10.2 Å². The Morgan fingerprint density at radius 1 is 1.29 bits per heavy atom. The summed E-state index contributed by atoms with van der Waals surface area (Å²) < 4.78 is 1.17. The molecule has 2 aromatic heterocycles. The van der Waals surface area contributed by atoms with Gasteiger partial charge in [0.1, 0.15) is 0 Å². The number of carbonyl (C=O) groups is 1. The fourth-order valence-corrected chi connectivity index (χ4v) is 4.51. The molecule has 2 heterocycles. The number of benzene rings is 1. The van der Waals surface area contributed by atoms with Crippen LogP contribution in [0.2, 0.25) is 0 Å². The molecule has 126 valence electrons. The van der Waals surface area contributed by atoms with E-state index in [9.17, 15) is 4.79 Å². The van der Waals surface area contributed by atoms with Crippen LogP contribution in [-0.2, 0) is 11.2 Å². The van der Waals surface area contributed by atoms with Gasteiger partial charge in [-0.15, -0.1) is 0 Å². The molecule has 3 aromatic rings. The van der Waals surface area contributed by atoms with Gasteiger partial charge in [0.2, 0.25) is 5.91 Å². The smallest absolute Gasteiger partial charge is 0.233 e. The molecule has 3 nitrogen and oxygen atoms in total. The van der Waals surface area contributed by atoms with Crippen molar-refractivity contribution >= 4 is 43.9 Å². The molecular weight excluding hydrogens is 336 g/mol. The highest BCUT2D eigenvalue weighted by molar-refractivity contribution is 7.22. The van der Waals surface area contributed by atoms with Crippen LogP contribution in [-0.4, -0.2) is 17.4 Å². The normalized spacial score (nSPS) is 11.4. The molecular formula is C19H22N2OS2. The van der Waals surface area contributed by atoms with E-state index in [2.05, 4.69) is 39.8 Å². The molecule has 0 unspecified atom stereocenters. The lowest BCUT2D eigenvalue weighted by Crippen LogP contribution is -2.35. The summed E-state index contributed by atoms with van der Waals surface area (Å²) in [7, 11) is 0. The summed E-state index contributed by atoms with van der Waals surface area (Å²) in [6, 6.07) is 6.28. The van der Waals surface area contributed by atoms with Gasteiger partial charge in [-0.25, -0.2) is 4.98 Å². The second kappa shape index (κ2) is 7.03. The second-order valence-electron chi connectivity index (χ2n) is 6.63. The summed E-state index contributed by atoms with van der Waals surface area (Å²) >= 11 is 3.25. The zero-order valence-corrected chi connectivity index (χ0v) is 16.1. The van der Waals surface area contributed by atoms with Crippen LogP contribution >= 0.6 is 22.7 Å². The molecule has 0 fully saturated rings. The van der Waals surface area contributed by atoms with Crippen LogP contribution in [0.4, 0.5) is 5.13 Å². The van der Waals surface area contributed by atoms with E-state index < -0.39 is 0 Å². The number of rotatable bonds is 5. The topological polar surface area (TPSA) is 33.2 Å². The van der Waals surface area contributed by atoms with Crippen LogP contribution in [0, 0.1) is 19.8 Å². The number of hydrogen-bond acceptors (Lipinski definition) is 4. The summed E-state index contributed by atoms with van der Waals surface area (Å²) in [4.78, 5) is 19.5. The fraction of sp³-hybridized carbons (Fsp3) is 0.368. The summed E-state index contributed by atoms with van der Waals surface area (Å²) in [5, 5.41) is 4.86. The van der Waals surface area contributed by atoms with Gasteiger partial charge in [0, 0.05) is 6.54 Å². The third-order valence-electron chi connectivity index (χ3n) is 3.82. The highest BCUT2D eigenvalue weighted by Crippen LogP contribution is 2.32. The lowest BCUT2D eigenvalue weighted by Gasteiger charge is -2.21. The summed E-state index contributed by atoms with van der Waals surface area (Å²) in [5.41, 5.74) is 4.50. The van der Waals surface area contributed by atoms with Gasteiger partial charge in [-0.2, -0.15) is 11.3 Å². The highest BCUT2D eigenvalue weighted by Gasteiger charge is 2.21. The van der Waals surface area contributed by atoms with E-state index in [1.165, 1.54) is 15.8 Å². The molecule has 0 saturated carbocycles. The monoisotopic (exact) mass is 358 g/mol. The third kappa shape index (κ3) is 3.68. The molecule has 0 radical (unpaired) electrons. The van der Waals surface area contributed by atoms with Crippen molar-refractivity contribution in [3.05, 3.63) is 45.6 Å². The molecule has 1 aromatic carbocycles. The minimum Gasteiger partial charge on any atom is -0.288 e. The van der Waals surface area contributed by atoms with Gasteiger partial charge in [0.05, 0.1) is 16.6 Å². The number of hydrogen-bond donors (Lipinski definition) is 0. The predicted octanol–water partition coefficient (Wildman–Crippen LogP) is 5.21. The zero-order valence-electron chi connectivity index (χ0n) is 14.5. The van der Waals surface area contributed by atoms with E-state index in [0.29, 0.717) is 18.9 Å². The Hall–Kier alpha value is -1.72. The number of amides is 1. The van der Waals surface area contributed by atoms with Crippen molar-refractivity contribution in [2.24, 2.45) is 5.92 Å². The first-order valence-corrected chi connectivity index (χ1v) is 9.89. The molecule has 5 heteroatoms. The van der Waals surface area contributed by atoms with E-state index >= 15 is 0 Å². The Morgan fingerprint density at radius 3 is 2.75 bits per heavy atom. The summed E-state index contributed by atoms with van der Waals surface area (Å²) in [6.07, 6.45) is 0.435. The minimum absolute atomic E-state index is 0.121. The number of nitrogens with zero attached hydrogens (tertiary/aromatic N) is 2. The van der Waals surface area contributed by atoms with Crippen molar-refractivity contribution in [2.75, 3.05) is 11.4 Å². The average molecular weight is 359 g/mol. The first-order valence-electron chi connectivity index (χ1n) is 8.13. The zero-order chi connectivity index (χ0) is 17.3. The van der Waals surface area contributed by atoms with Crippen molar-refractivity contribution < 1.29 is 4.79 Å². The van der Waals surface area contributed by atoms with Crippen molar-refractivity contribution in [2.45, 2.75) is 34.1 Å². The maximum Gasteiger partial charge on any atom is 0.233 e. The van der Waals surface area contributed by atoms with E-state index in [4.69, 9.17) is 4.98 Å². The first kappa shape index (κ1) is 17.1. The van der Waals surface area contributed by atoms with E-state index in [1.54, 1.807) is 22.7 Å². The summed E-state index contributed by atoms with van der Waals surface area (Å²) in [6.45, 7) is 9.15. The lowest BCUT2D eigenvalue weighted by atomic mass is 10.1. The predicted molar refractivity (Wildman–Crippen MR) is 104 cm³/mol. The molecule has 0 aliphatic carbocycles. The van der Waals surface area contributed by atoms with Crippen LogP contribution in [0.5, 0.6) is 0 Å². The van der Waals surface area contributed by atoms with Crippen molar-refractivity contribution in [1.82, 2.24) is 4.98 Å². The maximum absolute atomic E-state index is 12.9. The van der Waals surface area contributed by atoms with Gasteiger partial charge >= 0.3 is 0 Å². The Morgan fingerprint density at radius 2 is 2.08 bits per heavy atom. The highest BCUT2D eigenvalue weighted by atomic mass is 32.1. The number of fused-ring (bicyclic) bond motifs is 1. The Balaban J connectivity index is 1.96. The van der Waals surface area contributed by atoms with Crippen LogP contribution in [0.1, 0.15) is 30.5 Å². The fourth-order valence-electron chi connectivity index (χ4n) is 2.80. The molecule has 0 atom stereocenters. The van der Waals surface area contributed by atoms with Gasteiger partial charge in [0.15, 0.2) is 5.13 Å². The number of thiophene rings is 1. The van der Waals surface area contributed by atoms with Gasteiger partial charge in [-0.3, -0.25) is 9.69 Å². The number of anilines is 1. The molecule has 0 aliphatic heterocycles. The number of thiazole rings is 1. The Bertz CT molecular complexity index is 850. The average Bonchev–Trinajstić information content (AvgIpc) is 3.13. The maximum atomic E-state index is 12.9.